The van der Waals surface area contributed by atoms with E-state index in [1.807, 2.05) is 13.0 Å². The summed E-state index contributed by atoms with van der Waals surface area (Å²) in [6.45, 7) is 5.67. The van der Waals surface area contributed by atoms with Crippen LogP contribution >= 0.6 is 0 Å². The van der Waals surface area contributed by atoms with Gasteiger partial charge in [0.1, 0.15) is 0 Å². The predicted molar refractivity (Wildman–Crippen MR) is 62.7 cm³/mol. The van der Waals surface area contributed by atoms with Crippen LogP contribution in [0.2, 0.25) is 0 Å². The molecule has 2 N–H and O–H groups in total. The number of hydrogen-bond acceptors (Lipinski definition) is 5. The maximum atomic E-state index is 6.11. The van der Waals surface area contributed by atoms with Gasteiger partial charge in [-0.05, 0) is 13.3 Å². The molecule has 0 spiro atoms. The molecule has 0 saturated carbocycles. The van der Waals surface area contributed by atoms with Crippen LogP contribution in [0.1, 0.15) is 19.0 Å². The molecule has 2 heterocycles. The maximum Gasteiger partial charge on any atom is 0.228 e. The van der Waals surface area contributed by atoms with Gasteiger partial charge in [-0.25, -0.2) is 4.98 Å². The molecule has 1 aromatic rings. The normalized spacial score (nSPS) is 18.1. The highest BCUT2D eigenvalue weighted by atomic mass is 16.5. The number of hydrogen-bond donors (Lipinski definition) is 1. The van der Waals surface area contributed by atoms with Crippen molar-refractivity contribution in [2.75, 3.05) is 25.1 Å². The van der Waals surface area contributed by atoms with E-state index in [4.69, 9.17) is 10.5 Å². The van der Waals surface area contributed by atoms with Crippen LogP contribution in [-0.4, -0.2) is 35.7 Å². The van der Waals surface area contributed by atoms with Crippen LogP contribution in [0.5, 0.6) is 5.88 Å². The smallest absolute Gasteiger partial charge is 0.228 e. The van der Waals surface area contributed by atoms with E-state index in [0.29, 0.717) is 11.8 Å². The minimum absolute atomic E-state index is 0.0691. The third-order valence-electron chi connectivity index (χ3n) is 3.03. The third-order valence-corrected chi connectivity index (χ3v) is 3.03. The zero-order valence-electron chi connectivity index (χ0n) is 10.0. The Bertz CT molecular complexity index is 388. The Hall–Kier alpha value is -1.36. The van der Waals surface area contributed by atoms with Crippen LogP contribution < -0.4 is 15.4 Å². The van der Waals surface area contributed by atoms with Crippen LogP contribution in [0.15, 0.2) is 6.07 Å². The highest BCUT2D eigenvalue weighted by Gasteiger charge is 2.39. The number of nitrogens with zero attached hydrogens (tertiary/aromatic N) is 3. The molecule has 0 bridgehead atoms. The molecular weight excluding hydrogens is 204 g/mol. The Morgan fingerprint density at radius 3 is 2.75 bits per heavy atom. The number of nitrogens with two attached hydrogens (primary N) is 1. The largest absolute Gasteiger partial charge is 0.481 e. The van der Waals surface area contributed by atoms with Gasteiger partial charge in [-0.2, -0.15) is 4.98 Å². The van der Waals surface area contributed by atoms with Gasteiger partial charge in [-0.3, -0.25) is 0 Å². The van der Waals surface area contributed by atoms with Crippen molar-refractivity contribution in [2.45, 2.75) is 25.8 Å². The Morgan fingerprint density at radius 2 is 2.19 bits per heavy atom. The lowest BCUT2D eigenvalue weighted by atomic mass is 9.89. The summed E-state index contributed by atoms with van der Waals surface area (Å²) in [5.74, 6) is 1.32. The zero-order chi connectivity index (χ0) is 11.8. The second kappa shape index (κ2) is 3.90. The Balaban J connectivity index is 2.14. The summed E-state index contributed by atoms with van der Waals surface area (Å²) in [5.41, 5.74) is 6.95. The predicted octanol–water partition coefficient (Wildman–Crippen LogP) is 0.721. The van der Waals surface area contributed by atoms with Gasteiger partial charge in [0.25, 0.3) is 0 Å². The van der Waals surface area contributed by atoms with E-state index in [-0.39, 0.29) is 5.54 Å². The SMILES string of the molecule is CCC1(N)CN(c2nc(C)cc(OC)n2)C1. The van der Waals surface area contributed by atoms with Gasteiger partial charge < -0.3 is 15.4 Å². The molecule has 1 aliphatic rings. The minimum Gasteiger partial charge on any atom is -0.481 e. The van der Waals surface area contributed by atoms with Crippen LogP contribution in [0.25, 0.3) is 0 Å². The molecule has 1 saturated heterocycles. The fraction of sp³-hybridized carbons (Fsp3) is 0.636. The standard InChI is InChI=1S/C11H18N4O/c1-4-11(12)6-15(7-11)10-13-8(2)5-9(14-10)16-3/h5H,4,6-7,12H2,1-3H3. The molecule has 1 fully saturated rings. The van der Waals surface area contributed by atoms with Crippen LogP contribution in [0.3, 0.4) is 0 Å². The first-order valence-electron chi connectivity index (χ1n) is 5.50. The van der Waals surface area contributed by atoms with Crippen LogP contribution in [0, 0.1) is 6.92 Å². The molecule has 0 radical (unpaired) electrons. The summed E-state index contributed by atoms with van der Waals surface area (Å²) in [4.78, 5) is 10.8. The molecule has 5 heteroatoms. The second-order valence-electron chi connectivity index (χ2n) is 4.42. The van der Waals surface area contributed by atoms with E-state index in [1.165, 1.54) is 0 Å². The Labute approximate surface area is 95.6 Å². The molecule has 1 aliphatic heterocycles. The maximum absolute atomic E-state index is 6.11. The fourth-order valence-corrected chi connectivity index (χ4v) is 1.85. The molecule has 88 valence electrons. The average Bonchev–Trinajstić information content (AvgIpc) is 2.23. The second-order valence-corrected chi connectivity index (χ2v) is 4.42. The highest BCUT2D eigenvalue weighted by molar-refractivity contribution is 5.40. The molecule has 2 rings (SSSR count). The first kappa shape index (κ1) is 11.1. The van der Waals surface area contributed by atoms with E-state index in [9.17, 15) is 0 Å². The Kier molecular flexibility index (Phi) is 2.71. The number of aryl methyl sites for hydroxylation is 1. The quantitative estimate of drug-likeness (QED) is 0.816. The topological polar surface area (TPSA) is 64.3 Å². The molecule has 0 aliphatic carbocycles. The first-order valence-corrected chi connectivity index (χ1v) is 5.50. The van der Waals surface area contributed by atoms with Gasteiger partial charge in [-0.1, -0.05) is 6.92 Å². The highest BCUT2D eigenvalue weighted by Crippen LogP contribution is 2.26. The third kappa shape index (κ3) is 1.95. The summed E-state index contributed by atoms with van der Waals surface area (Å²) in [6, 6.07) is 1.82. The van der Waals surface area contributed by atoms with E-state index in [2.05, 4.69) is 21.8 Å². The summed E-state index contributed by atoms with van der Waals surface area (Å²) < 4.78 is 5.12. The number of anilines is 1. The van der Waals surface area contributed by atoms with E-state index < -0.39 is 0 Å². The molecule has 0 aromatic carbocycles. The van der Waals surface area contributed by atoms with Crippen molar-refractivity contribution < 1.29 is 4.74 Å². The summed E-state index contributed by atoms with van der Waals surface area (Å²) in [5, 5.41) is 0. The van der Waals surface area contributed by atoms with Gasteiger partial charge in [0.2, 0.25) is 11.8 Å². The van der Waals surface area contributed by atoms with E-state index >= 15 is 0 Å². The number of rotatable bonds is 3. The van der Waals surface area contributed by atoms with Crippen molar-refractivity contribution in [3.63, 3.8) is 0 Å². The van der Waals surface area contributed by atoms with Gasteiger partial charge in [0.15, 0.2) is 0 Å². The molecule has 0 amide bonds. The van der Waals surface area contributed by atoms with Crippen molar-refractivity contribution in [3.05, 3.63) is 11.8 Å². The number of aromatic nitrogens is 2. The average molecular weight is 222 g/mol. The summed E-state index contributed by atoms with van der Waals surface area (Å²) >= 11 is 0. The first-order chi connectivity index (χ1) is 7.56. The van der Waals surface area contributed by atoms with Gasteiger partial charge in [0, 0.05) is 24.8 Å². The lowest BCUT2D eigenvalue weighted by molar-refractivity contribution is 0.315. The van der Waals surface area contributed by atoms with E-state index in [1.54, 1.807) is 7.11 Å². The summed E-state index contributed by atoms with van der Waals surface area (Å²) in [6.07, 6.45) is 0.979. The van der Waals surface area contributed by atoms with Gasteiger partial charge >= 0.3 is 0 Å². The number of methoxy groups -OCH3 is 1. The fourth-order valence-electron chi connectivity index (χ4n) is 1.85. The molecule has 0 atom stereocenters. The lowest BCUT2D eigenvalue weighted by Gasteiger charge is -2.47. The van der Waals surface area contributed by atoms with Gasteiger partial charge in [0.05, 0.1) is 12.6 Å². The molecule has 0 unspecified atom stereocenters. The number of ether oxygens (including phenoxy) is 1. The van der Waals surface area contributed by atoms with Crippen molar-refractivity contribution in [2.24, 2.45) is 5.73 Å². The Morgan fingerprint density at radius 1 is 1.50 bits per heavy atom. The minimum atomic E-state index is -0.0691. The zero-order valence-corrected chi connectivity index (χ0v) is 10.0. The van der Waals surface area contributed by atoms with E-state index in [0.717, 1.165) is 25.2 Å². The monoisotopic (exact) mass is 222 g/mol. The molecule has 16 heavy (non-hydrogen) atoms. The van der Waals surface area contributed by atoms with Crippen LogP contribution in [0.4, 0.5) is 5.95 Å². The van der Waals surface area contributed by atoms with Crippen molar-refractivity contribution >= 4 is 5.95 Å². The van der Waals surface area contributed by atoms with Gasteiger partial charge in [-0.15, -0.1) is 0 Å². The van der Waals surface area contributed by atoms with Crippen molar-refractivity contribution in [1.82, 2.24) is 9.97 Å². The van der Waals surface area contributed by atoms with Crippen molar-refractivity contribution in [1.29, 1.82) is 0 Å². The molecule has 1 aromatic heterocycles. The van der Waals surface area contributed by atoms with Crippen LogP contribution in [-0.2, 0) is 0 Å². The molecule has 5 nitrogen and oxygen atoms in total. The summed E-state index contributed by atoms with van der Waals surface area (Å²) in [7, 11) is 1.61. The molecular formula is C11H18N4O. The van der Waals surface area contributed by atoms with Crippen molar-refractivity contribution in [3.8, 4) is 5.88 Å². The lowest BCUT2D eigenvalue weighted by Crippen LogP contribution is -2.67.